The summed E-state index contributed by atoms with van der Waals surface area (Å²) in [4.78, 5) is 13.1. The first-order valence-electron chi connectivity index (χ1n) is 6.64. The molecule has 1 heterocycles. The molecule has 0 aromatic carbocycles. The average Bonchev–Trinajstić information content (AvgIpc) is 2.80. The Kier molecular flexibility index (Phi) is 7.42. The summed E-state index contributed by atoms with van der Waals surface area (Å²) in [6.07, 6.45) is 1.13. The van der Waals surface area contributed by atoms with Gasteiger partial charge in [0, 0.05) is 19.0 Å². The third kappa shape index (κ3) is 6.44. The normalized spacial score (nSPS) is 21.4. The van der Waals surface area contributed by atoms with Crippen LogP contribution in [-0.2, 0) is 14.3 Å². The number of rotatable bonds is 9. The second-order valence-electron chi connectivity index (χ2n) is 5.18. The number of nitrogens with zero attached hydrogens (tertiary/aromatic N) is 1. The Morgan fingerprint density at radius 1 is 1.50 bits per heavy atom. The van der Waals surface area contributed by atoms with Crippen molar-refractivity contribution in [1.82, 2.24) is 10.2 Å². The van der Waals surface area contributed by atoms with Gasteiger partial charge in [-0.3, -0.25) is 4.79 Å². The predicted molar refractivity (Wildman–Crippen MR) is 70.8 cm³/mol. The molecule has 1 N–H and O–H groups in total. The Balaban J connectivity index is 2.27. The first kappa shape index (κ1) is 15.6. The van der Waals surface area contributed by atoms with E-state index in [1.54, 1.807) is 6.92 Å². The lowest BCUT2D eigenvalue weighted by molar-refractivity contribution is -0.126. The minimum Gasteiger partial charge on any atom is -0.377 e. The quantitative estimate of drug-likeness (QED) is 0.597. The number of nitrogens with one attached hydrogen (secondary N) is 1. The molecule has 0 aliphatic carbocycles. The standard InChI is InChI=1S/C13H26N2O3/c1-11(16)9-18-13(12-4-5-14-8-12)10-17-7-6-15(2)3/h12-14H,4-10H2,1-3H3. The van der Waals surface area contributed by atoms with Gasteiger partial charge >= 0.3 is 0 Å². The third-order valence-corrected chi connectivity index (χ3v) is 3.09. The summed E-state index contributed by atoms with van der Waals surface area (Å²) < 4.78 is 11.3. The first-order valence-corrected chi connectivity index (χ1v) is 6.64. The lowest BCUT2D eigenvalue weighted by Crippen LogP contribution is -2.33. The molecule has 2 unspecified atom stereocenters. The number of likely N-dealkylation sites (N-methyl/N-ethyl adjacent to an activating group) is 1. The minimum atomic E-state index is 0.0334. The molecule has 5 heteroatoms. The van der Waals surface area contributed by atoms with Gasteiger partial charge in [-0.15, -0.1) is 0 Å². The highest BCUT2D eigenvalue weighted by Gasteiger charge is 2.26. The van der Waals surface area contributed by atoms with E-state index in [0.29, 0.717) is 19.1 Å². The van der Waals surface area contributed by atoms with Crippen LogP contribution in [0.15, 0.2) is 0 Å². The predicted octanol–water partition coefficient (Wildman–Crippen LogP) is 0.148. The van der Waals surface area contributed by atoms with Crippen molar-refractivity contribution in [2.24, 2.45) is 5.92 Å². The Hall–Kier alpha value is -0.490. The fourth-order valence-electron chi connectivity index (χ4n) is 1.99. The van der Waals surface area contributed by atoms with Crippen molar-refractivity contribution in [2.75, 3.05) is 53.6 Å². The van der Waals surface area contributed by atoms with E-state index in [0.717, 1.165) is 26.1 Å². The Morgan fingerprint density at radius 3 is 2.83 bits per heavy atom. The molecule has 106 valence electrons. The van der Waals surface area contributed by atoms with Crippen LogP contribution in [0, 0.1) is 5.92 Å². The second kappa shape index (κ2) is 8.58. The van der Waals surface area contributed by atoms with Gasteiger partial charge in [-0.2, -0.15) is 0 Å². The number of ketones is 1. The van der Waals surface area contributed by atoms with E-state index in [9.17, 15) is 4.79 Å². The molecule has 2 atom stereocenters. The molecule has 1 fully saturated rings. The maximum absolute atomic E-state index is 11.0. The van der Waals surface area contributed by atoms with Crippen LogP contribution < -0.4 is 5.32 Å². The molecule has 0 bridgehead atoms. The van der Waals surface area contributed by atoms with Crippen LogP contribution in [0.25, 0.3) is 0 Å². The zero-order valence-corrected chi connectivity index (χ0v) is 11.8. The summed E-state index contributed by atoms with van der Waals surface area (Å²) in [6, 6.07) is 0. The van der Waals surface area contributed by atoms with Crippen molar-refractivity contribution in [2.45, 2.75) is 19.4 Å². The van der Waals surface area contributed by atoms with Gasteiger partial charge in [-0.05, 0) is 34.0 Å². The lowest BCUT2D eigenvalue weighted by Gasteiger charge is -2.23. The fourth-order valence-corrected chi connectivity index (χ4v) is 1.99. The van der Waals surface area contributed by atoms with Crippen molar-refractivity contribution in [3.63, 3.8) is 0 Å². The van der Waals surface area contributed by atoms with Crippen molar-refractivity contribution >= 4 is 5.78 Å². The minimum absolute atomic E-state index is 0.0334. The van der Waals surface area contributed by atoms with Gasteiger partial charge in [-0.25, -0.2) is 0 Å². The number of hydrogen-bond acceptors (Lipinski definition) is 5. The molecule has 5 nitrogen and oxygen atoms in total. The highest BCUT2D eigenvalue weighted by Crippen LogP contribution is 2.16. The van der Waals surface area contributed by atoms with E-state index in [-0.39, 0.29) is 18.5 Å². The Bertz CT molecular complexity index is 240. The van der Waals surface area contributed by atoms with Gasteiger partial charge < -0.3 is 19.7 Å². The van der Waals surface area contributed by atoms with E-state index < -0.39 is 0 Å². The van der Waals surface area contributed by atoms with Gasteiger partial charge in [0.2, 0.25) is 0 Å². The number of carbonyl (C=O) groups excluding carboxylic acids is 1. The molecule has 0 amide bonds. The molecule has 0 aromatic rings. The highest BCUT2D eigenvalue weighted by molar-refractivity contribution is 5.76. The molecule has 1 aliphatic rings. The van der Waals surface area contributed by atoms with Gasteiger partial charge in [-0.1, -0.05) is 0 Å². The highest BCUT2D eigenvalue weighted by atomic mass is 16.5. The summed E-state index contributed by atoms with van der Waals surface area (Å²) in [5, 5.41) is 3.32. The topological polar surface area (TPSA) is 50.8 Å². The lowest BCUT2D eigenvalue weighted by atomic mass is 10.0. The van der Waals surface area contributed by atoms with Crippen LogP contribution >= 0.6 is 0 Å². The molecular weight excluding hydrogens is 232 g/mol. The van der Waals surface area contributed by atoms with Crippen molar-refractivity contribution in [3.05, 3.63) is 0 Å². The van der Waals surface area contributed by atoms with Gasteiger partial charge in [0.25, 0.3) is 0 Å². The van der Waals surface area contributed by atoms with E-state index in [1.165, 1.54) is 0 Å². The van der Waals surface area contributed by atoms with Crippen LogP contribution in [0.5, 0.6) is 0 Å². The summed E-state index contributed by atoms with van der Waals surface area (Å²) in [6.45, 7) is 5.92. The first-order chi connectivity index (χ1) is 8.59. The molecule has 0 spiro atoms. The van der Waals surface area contributed by atoms with E-state index in [1.807, 2.05) is 14.1 Å². The summed E-state index contributed by atoms with van der Waals surface area (Å²) in [5.41, 5.74) is 0. The maximum atomic E-state index is 11.0. The molecule has 0 aromatic heterocycles. The maximum Gasteiger partial charge on any atom is 0.155 e. The van der Waals surface area contributed by atoms with Crippen molar-refractivity contribution in [3.8, 4) is 0 Å². The second-order valence-corrected chi connectivity index (χ2v) is 5.18. The van der Waals surface area contributed by atoms with Crippen LogP contribution in [-0.4, -0.2) is 70.3 Å². The zero-order chi connectivity index (χ0) is 13.4. The smallest absolute Gasteiger partial charge is 0.155 e. The van der Waals surface area contributed by atoms with E-state index in [2.05, 4.69) is 10.2 Å². The van der Waals surface area contributed by atoms with Crippen LogP contribution in [0.3, 0.4) is 0 Å². The molecule has 1 aliphatic heterocycles. The number of ether oxygens (including phenoxy) is 2. The van der Waals surface area contributed by atoms with Gasteiger partial charge in [0.15, 0.2) is 5.78 Å². The summed E-state index contributed by atoms with van der Waals surface area (Å²) in [7, 11) is 4.04. The molecule has 18 heavy (non-hydrogen) atoms. The number of Topliss-reactive ketones (excluding diaryl/α,β-unsaturated/α-hetero) is 1. The summed E-state index contributed by atoms with van der Waals surface area (Å²) >= 11 is 0. The van der Waals surface area contributed by atoms with Crippen molar-refractivity contribution in [1.29, 1.82) is 0 Å². The zero-order valence-electron chi connectivity index (χ0n) is 11.8. The monoisotopic (exact) mass is 258 g/mol. The fraction of sp³-hybridized carbons (Fsp3) is 0.923. The average molecular weight is 258 g/mol. The van der Waals surface area contributed by atoms with Gasteiger partial charge in [0.1, 0.15) is 6.61 Å². The molecule has 1 saturated heterocycles. The van der Waals surface area contributed by atoms with E-state index in [4.69, 9.17) is 9.47 Å². The number of carbonyl (C=O) groups is 1. The largest absolute Gasteiger partial charge is 0.377 e. The van der Waals surface area contributed by atoms with Crippen LogP contribution in [0.4, 0.5) is 0 Å². The Morgan fingerprint density at radius 2 is 2.28 bits per heavy atom. The SMILES string of the molecule is CC(=O)COC(COCCN(C)C)C1CCNC1. The third-order valence-electron chi connectivity index (χ3n) is 3.09. The molecule has 0 radical (unpaired) electrons. The van der Waals surface area contributed by atoms with E-state index >= 15 is 0 Å². The van der Waals surface area contributed by atoms with Crippen LogP contribution in [0.2, 0.25) is 0 Å². The molecule has 1 rings (SSSR count). The van der Waals surface area contributed by atoms with Crippen molar-refractivity contribution < 1.29 is 14.3 Å². The van der Waals surface area contributed by atoms with Gasteiger partial charge in [0.05, 0.1) is 19.3 Å². The Labute approximate surface area is 110 Å². The summed E-state index contributed by atoms with van der Waals surface area (Å²) in [5.74, 6) is 0.531. The van der Waals surface area contributed by atoms with Crippen LogP contribution in [0.1, 0.15) is 13.3 Å². The number of hydrogen-bond donors (Lipinski definition) is 1. The molecular formula is C13H26N2O3. The molecule has 0 saturated carbocycles.